The molecule has 19 heavy (non-hydrogen) atoms. The van der Waals surface area contributed by atoms with Crippen LogP contribution in [0.25, 0.3) is 0 Å². The quantitative estimate of drug-likeness (QED) is 0.897. The molecule has 0 bridgehead atoms. The fourth-order valence-corrected chi connectivity index (χ4v) is 2.74. The molecule has 0 spiro atoms. The Kier molecular flexibility index (Phi) is 4.45. The molecule has 1 atom stereocenters. The molecule has 5 heteroatoms. The average molecular weight is 295 g/mol. The highest BCUT2D eigenvalue weighted by Gasteiger charge is 2.11. The van der Waals surface area contributed by atoms with Crippen molar-refractivity contribution in [3.8, 4) is 0 Å². The number of hydrogen-bond acceptors (Lipinski definition) is 3. The zero-order valence-electron chi connectivity index (χ0n) is 10.7. The van der Waals surface area contributed by atoms with Gasteiger partial charge in [-0.3, -0.25) is 4.79 Å². The van der Waals surface area contributed by atoms with Gasteiger partial charge in [0.05, 0.1) is 10.6 Å². The van der Waals surface area contributed by atoms with Crippen molar-refractivity contribution in [2.75, 3.05) is 12.4 Å². The maximum absolute atomic E-state index is 11.7. The van der Waals surface area contributed by atoms with E-state index in [0.717, 1.165) is 5.69 Å². The van der Waals surface area contributed by atoms with Gasteiger partial charge in [-0.05, 0) is 47.5 Å². The molecule has 1 unspecified atom stereocenters. The molecule has 0 aliphatic rings. The van der Waals surface area contributed by atoms with Crippen LogP contribution >= 0.6 is 22.9 Å². The summed E-state index contributed by atoms with van der Waals surface area (Å²) in [5, 5.41) is 10.5. The molecule has 0 aliphatic heterocycles. The van der Waals surface area contributed by atoms with Gasteiger partial charge < -0.3 is 10.6 Å². The minimum atomic E-state index is -0.183. The first-order chi connectivity index (χ1) is 9.11. The van der Waals surface area contributed by atoms with Gasteiger partial charge in [0.1, 0.15) is 0 Å². The highest BCUT2D eigenvalue weighted by atomic mass is 35.5. The highest BCUT2D eigenvalue weighted by Crippen LogP contribution is 2.25. The zero-order valence-corrected chi connectivity index (χ0v) is 12.3. The number of benzene rings is 1. The zero-order chi connectivity index (χ0) is 13.8. The van der Waals surface area contributed by atoms with E-state index in [4.69, 9.17) is 11.6 Å². The number of rotatable bonds is 4. The number of carbonyl (C=O) groups excluding carboxylic acids is 1. The van der Waals surface area contributed by atoms with Gasteiger partial charge in [-0.15, -0.1) is 0 Å². The first-order valence-electron chi connectivity index (χ1n) is 5.92. The van der Waals surface area contributed by atoms with E-state index in [1.54, 1.807) is 30.5 Å². The molecule has 0 fully saturated rings. The molecule has 1 heterocycles. The summed E-state index contributed by atoms with van der Waals surface area (Å²) in [4.78, 5) is 11.7. The second-order valence-corrected chi connectivity index (χ2v) is 5.38. The van der Waals surface area contributed by atoms with Gasteiger partial charge in [0.15, 0.2) is 0 Å². The first kappa shape index (κ1) is 13.9. The van der Waals surface area contributed by atoms with Crippen LogP contribution in [-0.4, -0.2) is 13.0 Å². The van der Waals surface area contributed by atoms with Crippen molar-refractivity contribution >= 4 is 34.5 Å². The molecule has 1 aromatic heterocycles. The van der Waals surface area contributed by atoms with Gasteiger partial charge in [0.2, 0.25) is 0 Å². The van der Waals surface area contributed by atoms with Crippen molar-refractivity contribution in [2.45, 2.75) is 13.0 Å². The van der Waals surface area contributed by atoms with Crippen molar-refractivity contribution in [1.82, 2.24) is 5.32 Å². The Morgan fingerprint density at radius 2 is 2.16 bits per heavy atom. The Balaban J connectivity index is 2.19. The second-order valence-electron chi connectivity index (χ2n) is 4.20. The largest absolute Gasteiger partial charge is 0.378 e. The van der Waals surface area contributed by atoms with Crippen LogP contribution in [-0.2, 0) is 0 Å². The Bertz CT molecular complexity index is 569. The van der Waals surface area contributed by atoms with E-state index < -0.39 is 0 Å². The molecular weight excluding hydrogens is 280 g/mol. The van der Waals surface area contributed by atoms with Crippen molar-refractivity contribution in [3.05, 3.63) is 51.2 Å². The Morgan fingerprint density at radius 1 is 1.37 bits per heavy atom. The lowest BCUT2D eigenvalue weighted by atomic mass is 10.1. The molecule has 3 nitrogen and oxygen atoms in total. The fraction of sp³-hybridized carbons (Fsp3) is 0.214. The van der Waals surface area contributed by atoms with E-state index in [-0.39, 0.29) is 11.9 Å². The number of anilines is 1. The van der Waals surface area contributed by atoms with Crippen molar-refractivity contribution in [2.24, 2.45) is 0 Å². The van der Waals surface area contributed by atoms with Crippen molar-refractivity contribution < 1.29 is 4.79 Å². The Morgan fingerprint density at radius 3 is 2.79 bits per heavy atom. The van der Waals surface area contributed by atoms with Gasteiger partial charge in [0.25, 0.3) is 5.91 Å². The van der Waals surface area contributed by atoms with E-state index in [1.807, 2.05) is 11.4 Å². The minimum Gasteiger partial charge on any atom is -0.378 e. The summed E-state index contributed by atoms with van der Waals surface area (Å²) >= 11 is 7.69. The van der Waals surface area contributed by atoms with Crippen LogP contribution < -0.4 is 10.6 Å². The van der Waals surface area contributed by atoms with Gasteiger partial charge in [-0.25, -0.2) is 0 Å². The number of carbonyl (C=O) groups is 1. The minimum absolute atomic E-state index is 0.183. The maximum Gasteiger partial charge on any atom is 0.252 e. The molecule has 2 N–H and O–H groups in total. The Hall–Kier alpha value is -1.52. The fourth-order valence-electron chi connectivity index (χ4n) is 1.78. The molecule has 0 saturated carbocycles. The third-order valence-electron chi connectivity index (χ3n) is 2.86. The predicted molar refractivity (Wildman–Crippen MR) is 81.2 cm³/mol. The van der Waals surface area contributed by atoms with Crippen LogP contribution in [0, 0.1) is 0 Å². The summed E-state index contributed by atoms with van der Waals surface area (Å²) in [6.07, 6.45) is 0. The highest BCUT2D eigenvalue weighted by molar-refractivity contribution is 7.08. The van der Waals surface area contributed by atoms with Crippen molar-refractivity contribution in [1.29, 1.82) is 0 Å². The van der Waals surface area contributed by atoms with Gasteiger partial charge in [-0.1, -0.05) is 11.6 Å². The van der Waals surface area contributed by atoms with Crippen LogP contribution in [0.5, 0.6) is 0 Å². The third-order valence-corrected chi connectivity index (χ3v) is 3.90. The molecule has 100 valence electrons. The summed E-state index contributed by atoms with van der Waals surface area (Å²) in [7, 11) is 1.59. The molecule has 1 amide bonds. The topological polar surface area (TPSA) is 41.1 Å². The summed E-state index contributed by atoms with van der Waals surface area (Å²) < 4.78 is 0. The van der Waals surface area contributed by atoms with E-state index in [9.17, 15) is 4.79 Å². The van der Waals surface area contributed by atoms with Crippen LogP contribution in [0.2, 0.25) is 5.02 Å². The molecule has 0 saturated heterocycles. The first-order valence-corrected chi connectivity index (χ1v) is 7.24. The smallest absolute Gasteiger partial charge is 0.252 e. The summed E-state index contributed by atoms with van der Waals surface area (Å²) in [5.74, 6) is -0.183. The van der Waals surface area contributed by atoms with Gasteiger partial charge in [0, 0.05) is 18.8 Å². The van der Waals surface area contributed by atoms with E-state index >= 15 is 0 Å². The Labute approximate surface area is 121 Å². The van der Waals surface area contributed by atoms with Crippen LogP contribution in [0.1, 0.15) is 28.9 Å². The number of thiophene rings is 1. The standard InChI is InChI=1S/C14H15ClN2OS/c1-9(10-5-6-19-8-10)17-11-3-4-13(15)12(7-11)14(18)16-2/h3-9,17H,1-2H3,(H,16,18). The molecular formula is C14H15ClN2OS. The molecule has 0 radical (unpaired) electrons. The lowest BCUT2D eigenvalue weighted by Gasteiger charge is -2.15. The van der Waals surface area contributed by atoms with Crippen LogP contribution in [0.3, 0.4) is 0 Å². The number of hydrogen-bond donors (Lipinski definition) is 2. The molecule has 2 aromatic rings. The maximum atomic E-state index is 11.7. The average Bonchev–Trinajstić information content (AvgIpc) is 2.94. The van der Waals surface area contributed by atoms with Gasteiger partial charge >= 0.3 is 0 Å². The number of halogens is 1. The van der Waals surface area contributed by atoms with E-state index in [2.05, 4.69) is 29.0 Å². The van der Waals surface area contributed by atoms with E-state index in [1.165, 1.54) is 5.56 Å². The summed E-state index contributed by atoms with van der Waals surface area (Å²) in [6, 6.07) is 7.64. The third kappa shape index (κ3) is 3.28. The predicted octanol–water partition coefficient (Wildman–Crippen LogP) is 3.93. The van der Waals surface area contributed by atoms with Gasteiger partial charge in [-0.2, -0.15) is 11.3 Å². The summed E-state index contributed by atoms with van der Waals surface area (Å²) in [6.45, 7) is 2.08. The lowest BCUT2D eigenvalue weighted by Crippen LogP contribution is -2.18. The summed E-state index contributed by atoms with van der Waals surface area (Å²) in [5.41, 5.74) is 2.58. The monoisotopic (exact) mass is 294 g/mol. The molecule has 1 aromatic carbocycles. The number of nitrogens with one attached hydrogen (secondary N) is 2. The lowest BCUT2D eigenvalue weighted by molar-refractivity contribution is 0.0963. The van der Waals surface area contributed by atoms with Crippen molar-refractivity contribution in [3.63, 3.8) is 0 Å². The normalized spacial score (nSPS) is 11.9. The van der Waals surface area contributed by atoms with Crippen LogP contribution in [0.4, 0.5) is 5.69 Å². The number of amides is 1. The van der Waals surface area contributed by atoms with E-state index in [0.29, 0.717) is 10.6 Å². The molecule has 0 aliphatic carbocycles. The second kappa shape index (κ2) is 6.08. The SMILES string of the molecule is CNC(=O)c1cc(NC(C)c2ccsc2)ccc1Cl. The molecule has 2 rings (SSSR count). The van der Waals surface area contributed by atoms with Crippen LogP contribution in [0.15, 0.2) is 35.0 Å².